The lowest BCUT2D eigenvalue weighted by Gasteiger charge is -2.27. The van der Waals surface area contributed by atoms with Crippen molar-refractivity contribution in [2.45, 2.75) is 58.4 Å². The maximum Gasteiger partial charge on any atom is 0.0197 e. The van der Waals surface area contributed by atoms with Gasteiger partial charge in [0, 0.05) is 19.1 Å². The standard InChI is InChI=1S/C15H30N2/c1-13(2)10-15-12-17(9-5-8-16-15)11-14-6-3-4-7-14/h13-16H,3-12H2,1-2H3. The fraction of sp³-hybridized carbons (Fsp3) is 1.00. The predicted molar refractivity (Wildman–Crippen MR) is 74.3 cm³/mol. The van der Waals surface area contributed by atoms with E-state index in [2.05, 4.69) is 24.1 Å². The van der Waals surface area contributed by atoms with Crippen LogP contribution >= 0.6 is 0 Å². The van der Waals surface area contributed by atoms with Crippen molar-refractivity contribution in [3.63, 3.8) is 0 Å². The van der Waals surface area contributed by atoms with Gasteiger partial charge in [0.15, 0.2) is 0 Å². The molecule has 2 aliphatic rings. The van der Waals surface area contributed by atoms with Gasteiger partial charge in [-0.05, 0) is 50.6 Å². The highest BCUT2D eigenvalue weighted by Crippen LogP contribution is 2.26. The van der Waals surface area contributed by atoms with Crippen LogP contribution in [0, 0.1) is 11.8 Å². The first kappa shape index (κ1) is 13.4. The summed E-state index contributed by atoms with van der Waals surface area (Å²) < 4.78 is 0. The van der Waals surface area contributed by atoms with Gasteiger partial charge >= 0.3 is 0 Å². The van der Waals surface area contributed by atoms with Crippen LogP contribution < -0.4 is 5.32 Å². The molecule has 0 aromatic heterocycles. The summed E-state index contributed by atoms with van der Waals surface area (Å²) in [5.74, 6) is 1.83. The normalized spacial score (nSPS) is 28.8. The molecule has 1 heterocycles. The van der Waals surface area contributed by atoms with Gasteiger partial charge in [0.2, 0.25) is 0 Å². The van der Waals surface area contributed by atoms with Gasteiger partial charge in [-0.3, -0.25) is 0 Å². The Labute approximate surface area is 107 Å². The third-order valence-electron chi connectivity index (χ3n) is 4.31. The molecule has 17 heavy (non-hydrogen) atoms. The monoisotopic (exact) mass is 238 g/mol. The molecule has 1 atom stereocenters. The number of hydrogen-bond acceptors (Lipinski definition) is 2. The lowest BCUT2D eigenvalue weighted by Crippen LogP contribution is -2.40. The summed E-state index contributed by atoms with van der Waals surface area (Å²) in [6.45, 7) is 9.88. The molecule has 1 saturated carbocycles. The van der Waals surface area contributed by atoms with Crippen molar-refractivity contribution in [1.82, 2.24) is 10.2 Å². The first-order chi connectivity index (χ1) is 8.24. The number of rotatable bonds is 4. The molecule has 1 N–H and O–H groups in total. The fourth-order valence-corrected chi connectivity index (χ4v) is 3.53. The van der Waals surface area contributed by atoms with E-state index in [1.54, 1.807) is 0 Å². The molecule has 0 aromatic carbocycles. The van der Waals surface area contributed by atoms with E-state index in [1.807, 2.05) is 0 Å². The zero-order chi connectivity index (χ0) is 12.1. The number of nitrogens with zero attached hydrogens (tertiary/aromatic N) is 1. The third-order valence-corrected chi connectivity index (χ3v) is 4.31. The highest BCUT2D eigenvalue weighted by atomic mass is 15.2. The predicted octanol–water partition coefficient (Wildman–Crippen LogP) is 2.89. The van der Waals surface area contributed by atoms with Crippen LogP contribution in [0.5, 0.6) is 0 Å². The summed E-state index contributed by atoms with van der Waals surface area (Å²) in [7, 11) is 0. The molecule has 2 heteroatoms. The lowest BCUT2D eigenvalue weighted by molar-refractivity contribution is 0.219. The summed E-state index contributed by atoms with van der Waals surface area (Å²) in [6.07, 6.45) is 8.60. The van der Waals surface area contributed by atoms with Crippen LogP contribution in [0.2, 0.25) is 0 Å². The maximum atomic E-state index is 3.73. The zero-order valence-corrected chi connectivity index (χ0v) is 11.8. The van der Waals surface area contributed by atoms with Gasteiger partial charge in [-0.15, -0.1) is 0 Å². The van der Waals surface area contributed by atoms with E-state index in [1.165, 1.54) is 64.7 Å². The van der Waals surface area contributed by atoms with Crippen molar-refractivity contribution in [3.8, 4) is 0 Å². The first-order valence-electron chi connectivity index (χ1n) is 7.70. The van der Waals surface area contributed by atoms with Crippen molar-refractivity contribution >= 4 is 0 Å². The Balaban J connectivity index is 1.79. The van der Waals surface area contributed by atoms with Crippen molar-refractivity contribution in [1.29, 1.82) is 0 Å². The van der Waals surface area contributed by atoms with Gasteiger partial charge in [-0.25, -0.2) is 0 Å². The third kappa shape index (κ3) is 4.59. The van der Waals surface area contributed by atoms with E-state index in [9.17, 15) is 0 Å². The second kappa shape index (κ2) is 6.75. The quantitative estimate of drug-likeness (QED) is 0.810. The second-order valence-electron chi connectivity index (χ2n) is 6.54. The van der Waals surface area contributed by atoms with Gasteiger partial charge in [0.25, 0.3) is 0 Å². The molecule has 1 unspecified atom stereocenters. The van der Waals surface area contributed by atoms with E-state index < -0.39 is 0 Å². The minimum absolute atomic E-state index is 0.735. The van der Waals surface area contributed by atoms with E-state index >= 15 is 0 Å². The number of nitrogens with one attached hydrogen (secondary N) is 1. The van der Waals surface area contributed by atoms with Gasteiger partial charge in [0.1, 0.15) is 0 Å². The topological polar surface area (TPSA) is 15.3 Å². The summed E-state index contributed by atoms with van der Waals surface area (Å²) in [5, 5.41) is 3.73. The molecule has 0 amide bonds. The molecule has 2 nitrogen and oxygen atoms in total. The van der Waals surface area contributed by atoms with Crippen LogP contribution in [-0.4, -0.2) is 37.1 Å². The van der Waals surface area contributed by atoms with E-state index in [-0.39, 0.29) is 0 Å². The van der Waals surface area contributed by atoms with Crippen molar-refractivity contribution in [3.05, 3.63) is 0 Å². The van der Waals surface area contributed by atoms with Crippen LogP contribution in [0.15, 0.2) is 0 Å². The SMILES string of the molecule is CC(C)CC1CN(CC2CCCC2)CCCN1. The molecular weight excluding hydrogens is 208 g/mol. The lowest BCUT2D eigenvalue weighted by atomic mass is 10.0. The van der Waals surface area contributed by atoms with E-state index in [0.29, 0.717) is 0 Å². The van der Waals surface area contributed by atoms with Gasteiger partial charge < -0.3 is 10.2 Å². The summed E-state index contributed by atoms with van der Waals surface area (Å²) in [6, 6.07) is 0.735. The minimum atomic E-state index is 0.735. The molecule has 0 bridgehead atoms. The Kier molecular flexibility index (Phi) is 5.30. The summed E-state index contributed by atoms with van der Waals surface area (Å²) in [5.41, 5.74) is 0. The molecule has 2 rings (SSSR count). The first-order valence-corrected chi connectivity index (χ1v) is 7.70. The van der Waals surface area contributed by atoms with Crippen LogP contribution in [0.1, 0.15) is 52.4 Å². The van der Waals surface area contributed by atoms with Gasteiger partial charge in [0.05, 0.1) is 0 Å². The Morgan fingerprint density at radius 2 is 1.94 bits per heavy atom. The largest absolute Gasteiger partial charge is 0.313 e. The van der Waals surface area contributed by atoms with Crippen LogP contribution in [0.4, 0.5) is 0 Å². The molecule has 0 aromatic rings. The van der Waals surface area contributed by atoms with E-state index in [0.717, 1.165) is 17.9 Å². The summed E-state index contributed by atoms with van der Waals surface area (Å²) >= 11 is 0. The number of hydrogen-bond donors (Lipinski definition) is 1. The van der Waals surface area contributed by atoms with Gasteiger partial charge in [-0.2, -0.15) is 0 Å². The Morgan fingerprint density at radius 1 is 1.18 bits per heavy atom. The zero-order valence-electron chi connectivity index (χ0n) is 11.8. The Bertz CT molecular complexity index is 209. The molecule has 0 radical (unpaired) electrons. The van der Waals surface area contributed by atoms with Crippen molar-refractivity contribution in [2.24, 2.45) is 11.8 Å². The smallest absolute Gasteiger partial charge is 0.0197 e. The molecule has 2 fully saturated rings. The summed E-state index contributed by atoms with van der Waals surface area (Å²) in [4.78, 5) is 2.74. The second-order valence-corrected chi connectivity index (χ2v) is 6.54. The average Bonchev–Trinajstić information content (AvgIpc) is 2.66. The molecule has 0 spiro atoms. The van der Waals surface area contributed by atoms with Crippen LogP contribution in [0.3, 0.4) is 0 Å². The van der Waals surface area contributed by atoms with Crippen LogP contribution in [-0.2, 0) is 0 Å². The Hall–Kier alpha value is -0.0800. The highest BCUT2D eigenvalue weighted by molar-refractivity contribution is 4.80. The van der Waals surface area contributed by atoms with Gasteiger partial charge in [-0.1, -0.05) is 26.7 Å². The molecule has 1 saturated heterocycles. The molecular formula is C15H30N2. The van der Waals surface area contributed by atoms with Crippen LogP contribution in [0.25, 0.3) is 0 Å². The molecule has 1 aliphatic heterocycles. The average molecular weight is 238 g/mol. The van der Waals surface area contributed by atoms with E-state index in [4.69, 9.17) is 0 Å². The minimum Gasteiger partial charge on any atom is -0.313 e. The van der Waals surface area contributed by atoms with Crippen molar-refractivity contribution in [2.75, 3.05) is 26.2 Å². The molecule has 1 aliphatic carbocycles. The van der Waals surface area contributed by atoms with Crippen molar-refractivity contribution < 1.29 is 0 Å². The fourth-order valence-electron chi connectivity index (χ4n) is 3.53. The maximum absolute atomic E-state index is 3.73. The Morgan fingerprint density at radius 3 is 2.65 bits per heavy atom. The molecule has 100 valence electrons. The highest BCUT2D eigenvalue weighted by Gasteiger charge is 2.22.